The lowest BCUT2D eigenvalue weighted by Gasteiger charge is -2.13. The minimum absolute atomic E-state index is 0.515. The number of alkyl halides is 5. The first kappa shape index (κ1) is 12.8. The zero-order chi connectivity index (χ0) is 12.5. The van der Waals surface area contributed by atoms with Crippen LogP contribution in [0.4, 0.5) is 27.6 Å². The van der Waals surface area contributed by atoms with Crippen molar-refractivity contribution in [1.29, 1.82) is 0 Å². The maximum Gasteiger partial charge on any atom is 0.573 e. The first-order valence-corrected chi connectivity index (χ1v) is 4.21. The molecule has 2 N–H and O–H groups in total. The number of ether oxygens (including phenoxy) is 1. The van der Waals surface area contributed by atoms with Crippen LogP contribution in [0.2, 0.25) is 5.02 Å². The van der Waals surface area contributed by atoms with Crippen molar-refractivity contribution >= 4 is 17.3 Å². The standard InChI is InChI=1S/C8H5ClF5NO/c9-4-1-3(7(10)11)5(15)2-6(4)16-8(12,13)14/h1-2,7H,15H2. The van der Waals surface area contributed by atoms with E-state index in [0.717, 1.165) is 0 Å². The van der Waals surface area contributed by atoms with E-state index < -0.39 is 34.8 Å². The molecule has 0 fully saturated rings. The number of nitrogen functional groups attached to an aromatic ring is 1. The van der Waals surface area contributed by atoms with Crippen LogP contribution in [0.15, 0.2) is 12.1 Å². The molecule has 0 aliphatic carbocycles. The van der Waals surface area contributed by atoms with E-state index in [4.69, 9.17) is 17.3 Å². The van der Waals surface area contributed by atoms with Gasteiger partial charge in [-0.3, -0.25) is 0 Å². The van der Waals surface area contributed by atoms with Gasteiger partial charge in [0.15, 0.2) is 0 Å². The summed E-state index contributed by atoms with van der Waals surface area (Å²) in [7, 11) is 0. The fraction of sp³-hybridized carbons (Fsp3) is 0.250. The van der Waals surface area contributed by atoms with Gasteiger partial charge in [-0.15, -0.1) is 13.2 Å². The van der Waals surface area contributed by atoms with Gasteiger partial charge in [0.05, 0.1) is 5.02 Å². The number of nitrogens with two attached hydrogens (primary N) is 1. The maximum absolute atomic E-state index is 12.3. The summed E-state index contributed by atoms with van der Waals surface area (Å²) in [5, 5.41) is -0.582. The van der Waals surface area contributed by atoms with Gasteiger partial charge in [-0.2, -0.15) is 0 Å². The van der Waals surface area contributed by atoms with Crippen LogP contribution in [-0.4, -0.2) is 6.36 Å². The van der Waals surface area contributed by atoms with Gasteiger partial charge >= 0.3 is 6.36 Å². The molecule has 1 aromatic carbocycles. The summed E-state index contributed by atoms with van der Waals surface area (Å²) >= 11 is 5.34. The molecule has 0 unspecified atom stereocenters. The summed E-state index contributed by atoms with van der Waals surface area (Å²) in [4.78, 5) is 0. The molecule has 0 aromatic heterocycles. The van der Waals surface area contributed by atoms with Crippen LogP contribution >= 0.6 is 11.6 Å². The molecule has 0 aliphatic rings. The Morgan fingerprint density at radius 1 is 1.25 bits per heavy atom. The van der Waals surface area contributed by atoms with Gasteiger partial charge < -0.3 is 10.5 Å². The van der Waals surface area contributed by atoms with Crippen molar-refractivity contribution in [2.24, 2.45) is 0 Å². The van der Waals surface area contributed by atoms with Gasteiger partial charge in [0, 0.05) is 17.3 Å². The Kier molecular flexibility index (Phi) is 3.47. The molecule has 1 rings (SSSR count). The molecular formula is C8H5ClF5NO. The maximum atomic E-state index is 12.3. The van der Waals surface area contributed by atoms with Gasteiger partial charge in [0.25, 0.3) is 6.43 Å². The second-order valence-electron chi connectivity index (χ2n) is 2.76. The van der Waals surface area contributed by atoms with Crippen LogP contribution in [0, 0.1) is 0 Å². The van der Waals surface area contributed by atoms with Gasteiger partial charge in [0.2, 0.25) is 0 Å². The van der Waals surface area contributed by atoms with Gasteiger partial charge in [0.1, 0.15) is 5.75 Å². The quantitative estimate of drug-likeness (QED) is 0.650. The molecule has 0 atom stereocenters. The first-order chi connectivity index (χ1) is 7.20. The molecule has 0 aliphatic heterocycles. The average Bonchev–Trinajstić information content (AvgIpc) is 2.07. The van der Waals surface area contributed by atoms with Crippen LogP contribution in [0.5, 0.6) is 5.75 Å². The zero-order valence-electron chi connectivity index (χ0n) is 7.49. The highest BCUT2D eigenvalue weighted by atomic mass is 35.5. The van der Waals surface area contributed by atoms with Crippen LogP contribution in [0.1, 0.15) is 12.0 Å². The normalized spacial score (nSPS) is 11.9. The van der Waals surface area contributed by atoms with E-state index in [9.17, 15) is 22.0 Å². The van der Waals surface area contributed by atoms with Gasteiger partial charge in [-0.05, 0) is 6.07 Å². The largest absolute Gasteiger partial charge is 0.573 e. The van der Waals surface area contributed by atoms with Crippen molar-refractivity contribution in [3.8, 4) is 5.75 Å². The lowest BCUT2D eigenvalue weighted by Crippen LogP contribution is -2.17. The molecule has 0 bridgehead atoms. The number of anilines is 1. The van der Waals surface area contributed by atoms with E-state index in [1.807, 2.05) is 0 Å². The Morgan fingerprint density at radius 2 is 1.81 bits per heavy atom. The highest BCUT2D eigenvalue weighted by Gasteiger charge is 2.32. The average molecular weight is 262 g/mol. The van der Waals surface area contributed by atoms with E-state index in [0.29, 0.717) is 12.1 Å². The van der Waals surface area contributed by atoms with Crippen molar-refractivity contribution in [2.45, 2.75) is 12.8 Å². The van der Waals surface area contributed by atoms with Crippen LogP contribution in [0.25, 0.3) is 0 Å². The molecule has 8 heteroatoms. The fourth-order valence-corrected chi connectivity index (χ4v) is 1.19. The van der Waals surface area contributed by atoms with Gasteiger partial charge in [-0.25, -0.2) is 8.78 Å². The number of hydrogen-bond donors (Lipinski definition) is 1. The summed E-state index contributed by atoms with van der Waals surface area (Å²) in [6.07, 6.45) is -7.87. The number of rotatable bonds is 2. The molecule has 1 aromatic rings. The third-order valence-corrected chi connectivity index (χ3v) is 1.89. The minimum atomic E-state index is -4.96. The van der Waals surface area contributed by atoms with Crippen molar-refractivity contribution in [1.82, 2.24) is 0 Å². The van der Waals surface area contributed by atoms with Gasteiger partial charge in [-0.1, -0.05) is 11.6 Å². The molecule has 0 saturated heterocycles. The Bertz CT molecular complexity index is 393. The number of halogens is 6. The topological polar surface area (TPSA) is 35.2 Å². The monoisotopic (exact) mass is 261 g/mol. The SMILES string of the molecule is Nc1cc(OC(F)(F)F)c(Cl)cc1C(F)F. The third-order valence-electron chi connectivity index (χ3n) is 1.60. The molecular weight excluding hydrogens is 257 g/mol. The molecule has 0 amide bonds. The number of benzene rings is 1. The van der Waals surface area contributed by atoms with Crippen LogP contribution < -0.4 is 10.5 Å². The summed E-state index contributed by atoms with van der Waals surface area (Å²) in [6.45, 7) is 0. The molecule has 16 heavy (non-hydrogen) atoms. The Hall–Kier alpha value is -1.24. The summed E-state index contributed by atoms with van der Waals surface area (Å²) in [5.41, 5.74) is 3.97. The third kappa shape index (κ3) is 3.13. The zero-order valence-corrected chi connectivity index (χ0v) is 8.24. The summed E-state index contributed by atoms with van der Waals surface area (Å²) < 4.78 is 63.6. The van der Waals surface area contributed by atoms with Crippen LogP contribution in [0.3, 0.4) is 0 Å². The Morgan fingerprint density at radius 3 is 2.25 bits per heavy atom. The molecule has 2 nitrogen and oxygen atoms in total. The fourth-order valence-electron chi connectivity index (χ4n) is 0.976. The second-order valence-corrected chi connectivity index (χ2v) is 3.17. The van der Waals surface area contributed by atoms with E-state index in [1.54, 1.807) is 0 Å². The number of hydrogen-bond acceptors (Lipinski definition) is 2. The predicted molar refractivity (Wildman–Crippen MR) is 47.5 cm³/mol. The van der Waals surface area contributed by atoms with Crippen molar-refractivity contribution in [3.05, 3.63) is 22.7 Å². The van der Waals surface area contributed by atoms with Crippen molar-refractivity contribution < 1.29 is 26.7 Å². The van der Waals surface area contributed by atoms with Crippen molar-refractivity contribution in [2.75, 3.05) is 5.73 Å². The first-order valence-electron chi connectivity index (χ1n) is 3.83. The molecule has 0 radical (unpaired) electrons. The molecule has 0 saturated carbocycles. The molecule has 90 valence electrons. The van der Waals surface area contributed by atoms with E-state index in [1.165, 1.54) is 0 Å². The minimum Gasteiger partial charge on any atom is -0.404 e. The lowest BCUT2D eigenvalue weighted by molar-refractivity contribution is -0.274. The van der Waals surface area contributed by atoms with E-state index in [-0.39, 0.29) is 0 Å². The summed E-state index contributed by atoms with van der Waals surface area (Å²) in [6, 6.07) is 1.25. The van der Waals surface area contributed by atoms with Crippen LogP contribution in [-0.2, 0) is 0 Å². The van der Waals surface area contributed by atoms with E-state index in [2.05, 4.69) is 4.74 Å². The smallest absolute Gasteiger partial charge is 0.404 e. The second kappa shape index (κ2) is 4.32. The van der Waals surface area contributed by atoms with Crippen molar-refractivity contribution in [3.63, 3.8) is 0 Å². The van der Waals surface area contributed by atoms with E-state index >= 15 is 0 Å². The summed E-state index contributed by atoms with van der Waals surface area (Å²) in [5.74, 6) is -0.809. The Balaban J connectivity index is 3.11. The lowest BCUT2D eigenvalue weighted by atomic mass is 10.2. The Labute approximate surface area is 91.7 Å². The molecule has 0 spiro atoms. The highest BCUT2D eigenvalue weighted by Crippen LogP contribution is 2.36. The highest BCUT2D eigenvalue weighted by molar-refractivity contribution is 6.32. The predicted octanol–water partition coefficient (Wildman–Crippen LogP) is 3.76. The molecule has 0 heterocycles.